The molecule has 0 aliphatic carbocycles. The highest BCUT2D eigenvalue weighted by Gasteiger charge is 2.72. The number of hydrogen-bond donors (Lipinski definition) is 0. The lowest BCUT2D eigenvalue weighted by atomic mass is 10.1. The Morgan fingerprint density at radius 3 is 2.15 bits per heavy atom. The van der Waals surface area contributed by atoms with Crippen molar-refractivity contribution in [1.29, 1.82) is 0 Å². The SMILES string of the molecule is C=CC[C@@]1([Si](C)(C)C(C)(C)C)[C@@H](c2ccc(Cl)cc2)N1c1ccccc1. The Bertz CT molecular complexity index is 776. The molecular formula is C23H30ClNSi. The molecule has 2 aromatic rings. The van der Waals surface area contributed by atoms with E-state index in [1.54, 1.807) is 0 Å². The molecular weight excluding hydrogens is 354 g/mol. The van der Waals surface area contributed by atoms with Crippen LogP contribution in [0.4, 0.5) is 5.69 Å². The van der Waals surface area contributed by atoms with Gasteiger partial charge in [-0.1, -0.05) is 81.9 Å². The van der Waals surface area contributed by atoms with Gasteiger partial charge in [0.25, 0.3) is 0 Å². The van der Waals surface area contributed by atoms with Crippen LogP contribution in [0.5, 0.6) is 0 Å². The van der Waals surface area contributed by atoms with Crippen molar-refractivity contribution in [3.63, 3.8) is 0 Å². The van der Waals surface area contributed by atoms with Crippen LogP contribution in [-0.2, 0) is 0 Å². The fraction of sp³-hybridized carbons (Fsp3) is 0.391. The second-order valence-corrected chi connectivity index (χ2v) is 15.0. The van der Waals surface area contributed by atoms with Crippen LogP contribution in [0.2, 0.25) is 23.2 Å². The third-order valence-electron chi connectivity index (χ3n) is 6.71. The summed E-state index contributed by atoms with van der Waals surface area (Å²) >= 11 is 6.16. The van der Waals surface area contributed by atoms with Gasteiger partial charge in [0, 0.05) is 10.7 Å². The van der Waals surface area contributed by atoms with Crippen LogP contribution in [0.15, 0.2) is 67.3 Å². The lowest BCUT2D eigenvalue weighted by Gasteiger charge is -2.44. The molecule has 0 radical (unpaired) electrons. The van der Waals surface area contributed by atoms with E-state index in [-0.39, 0.29) is 10.2 Å². The monoisotopic (exact) mass is 383 g/mol. The van der Waals surface area contributed by atoms with Gasteiger partial charge in [0.05, 0.1) is 19.3 Å². The number of anilines is 1. The molecule has 0 amide bonds. The lowest BCUT2D eigenvalue weighted by Crippen LogP contribution is -2.54. The molecule has 0 spiro atoms. The maximum atomic E-state index is 6.16. The summed E-state index contributed by atoms with van der Waals surface area (Å²) in [5.74, 6) is 0. The van der Waals surface area contributed by atoms with E-state index in [2.05, 4.69) is 93.9 Å². The van der Waals surface area contributed by atoms with Gasteiger partial charge < -0.3 is 4.90 Å². The Kier molecular flexibility index (Phi) is 4.87. The Morgan fingerprint density at radius 1 is 1.08 bits per heavy atom. The molecule has 1 saturated heterocycles. The lowest BCUT2D eigenvalue weighted by molar-refractivity contribution is 0.663. The van der Waals surface area contributed by atoms with E-state index >= 15 is 0 Å². The van der Waals surface area contributed by atoms with E-state index in [1.165, 1.54) is 11.3 Å². The zero-order valence-corrected chi connectivity index (χ0v) is 18.3. The third-order valence-corrected chi connectivity index (χ3v) is 13.6. The number of para-hydroxylation sites is 1. The molecule has 0 unspecified atom stereocenters. The summed E-state index contributed by atoms with van der Waals surface area (Å²) in [6.07, 6.45) is 3.12. The number of rotatable bonds is 5. The van der Waals surface area contributed by atoms with Crippen LogP contribution in [0.3, 0.4) is 0 Å². The van der Waals surface area contributed by atoms with Crippen molar-refractivity contribution in [2.24, 2.45) is 0 Å². The highest BCUT2D eigenvalue weighted by molar-refractivity contribution is 6.85. The van der Waals surface area contributed by atoms with Crippen LogP contribution in [0.25, 0.3) is 0 Å². The molecule has 26 heavy (non-hydrogen) atoms. The molecule has 0 N–H and O–H groups in total. The van der Waals surface area contributed by atoms with Gasteiger partial charge in [-0.3, -0.25) is 0 Å². The molecule has 1 nitrogen and oxygen atoms in total. The van der Waals surface area contributed by atoms with Gasteiger partial charge in [0.15, 0.2) is 0 Å². The first-order valence-electron chi connectivity index (χ1n) is 9.37. The van der Waals surface area contributed by atoms with E-state index in [0.717, 1.165) is 11.4 Å². The fourth-order valence-electron chi connectivity index (χ4n) is 4.35. The van der Waals surface area contributed by atoms with Crippen molar-refractivity contribution in [3.8, 4) is 0 Å². The first-order chi connectivity index (χ1) is 12.2. The molecule has 138 valence electrons. The molecule has 0 saturated carbocycles. The van der Waals surface area contributed by atoms with Gasteiger partial charge in [-0.05, 0) is 41.3 Å². The molecule has 3 rings (SSSR count). The zero-order valence-electron chi connectivity index (χ0n) is 16.6. The normalized spacial score (nSPS) is 23.0. The average molecular weight is 384 g/mol. The van der Waals surface area contributed by atoms with Crippen molar-refractivity contribution in [2.45, 2.75) is 56.5 Å². The van der Waals surface area contributed by atoms with Crippen LogP contribution in [-0.4, -0.2) is 13.2 Å². The fourth-order valence-corrected chi connectivity index (χ4v) is 8.20. The molecule has 2 aromatic carbocycles. The summed E-state index contributed by atoms with van der Waals surface area (Å²) in [6.45, 7) is 16.4. The zero-order chi connectivity index (χ0) is 19.2. The van der Waals surface area contributed by atoms with E-state index in [0.29, 0.717) is 6.04 Å². The summed E-state index contributed by atoms with van der Waals surface area (Å²) in [5.41, 5.74) is 2.66. The topological polar surface area (TPSA) is 3.01 Å². The van der Waals surface area contributed by atoms with Gasteiger partial charge >= 0.3 is 0 Å². The maximum Gasteiger partial charge on any atom is 0.0862 e. The third kappa shape index (κ3) is 2.84. The smallest absolute Gasteiger partial charge is 0.0862 e. The first-order valence-corrected chi connectivity index (χ1v) is 12.8. The Balaban J connectivity index is 2.18. The minimum absolute atomic E-state index is 0.127. The van der Waals surface area contributed by atoms with Gasteiger partial charge in [-0.15, -0.1) is 6.58 Å². The van der Waals surface area contributed by atoms with Crippen LogP contribution in [0.1, 0.15) is 38.8 Å². The van der Waals surface area contributed by atoms with Crippen molar-refractivity contribution >= 4 is 25.4 Å². The molecule has 1 heterocycles. The molecule has 0 bridgehead atoms. The van der Waals surface area contributed by atoms with Crippen molar-refractivity contribution in [1.82, 2.24) is 0 Å². The quantitative estimate of drug-likeness (QED) is 0.298. The van der Waals surface area contributed by atoms with E-state index < -0.39 is 8.07 Å². The first kappa shape index (κ1) is 19.3. The minimum atomic E-state index is -1.73. The van der Waals surface area contributed by atoms with Crippen molar-refractivity contribution in [3.05, 3.63) is 77.8 Å². The van der Waals surface area contributed by atoms with Gasteiger partial charge in [0.1, 0.15) is 0 Å². The summed E-state index contributed by atoms with van der Waals surface area (Å²) in [4.78, 5) is 2.65. The maximum absolute atomic E-state index is 6.16. The molecule has 2 atom stereocenters. The van der Waals surface area contributed by atoms with Gasteiger partial charge in [-0.25, -0.2) is 0 Å². The second kappa shape index (κ2) is 6.58. The van der Waals surface area contributed by atoms with Crippen LogP contribution < -0.4 is 4.90 Å². The number of hydrogen-bond acceptors (Lipinski definition) is 1. The molecule has 1 aliphatic rings. The molecule has 1 aliphatic heterocycles. The summed E-state index contributed by atoms with van der Waals surface area (Å²) in [7, 11) is -1.73. The highest BCUT2D eigenvalue weighted by atomic mass is 35.5. The van der Waals surface area contributed by atoms with E-state index in [4.69, 9.17) is 11.6 Å². The van der Waals surface area contributed by atoms with Crippen LogP contribution >= 0.6 is 11.6 Å². The molecule has 0 aromatic heterocycles. The predicted octanol–water partition coefficient (Wildman–Crippen LogP) is 7.26. The molecule has 1 fully saturated rings. The van der Waals surface area contributed by atoms with Crippen molar-refractivity contribution < 1.29 is 0 Å². The Hall–Kier alpha value is -1.51. The van der Waals surface area contributed by atoms with E-state index in [9.17, 15) is 0 Å². The molecule has 3 heteroatoms. The predicted molar refractivity (Wildman–Crippen MR) is 118 cm³/mol. The van der Waals surface area contributed by atoms with Crippen molar-refractivity contribution in [2.75, 3.05) is 4.90 Å². The number of nitrogens with zero attached hydrogens (tertiary/aromatic N) is 1. The Morgan fingerprint density at radius 2 is 1.65 bits per heavy atom. The number of halogens is 1. The second-order valence-electron chi connectivity index (χ2n) is 8.95. The summed E-state index contributed by atoms with van der Waals surface area (Å²) in [5, 5.41) is 1.20. The minimum Gasteiger partial charge on any atom is -0.357 e. The highest BCUT2D eigenvalue weighted by Crippen LogP contribution is 2.66. The largest absolute Gasteiger partial charge is 0.357 e. The number of benzene rings is 2. The standard InChI is InChI=1S/C23H30ClNSi/c1-7-17-23(26(5,6)22(2,3)4)21(18-13-15-19(24)16-14-18)25(23)20-11-9-8-10-12-20/h7-16,21H,1,17H2,2-6H3/t21-,23-,25?/m1/s1. The van der Waals surface area contributed by atoms with E-state index in [1.807, 2.05) is 12.1 Å². The summed E-state index contributed by atoms with van der Waals surface area (Å²) in [6, 6.07) is 19.6. The Labute approximate surface area is 164 Å². The van der Waals surface area contributed by atoms with Crippen LogP contribution in [0, 0.1) is 0 Å². The summed E-state index contributed by atoms with van der Waals surface area (Å²) < 4.78 is 0. The van der Waals surface area contributed by atoms with Gasteiger partial charge in [0.2, 0.25) is 0 Å². The average Bonchev–Trinajstić information content (AvgIpc) is 3.26. The van der Waals surface area contributed by atoms with Gasteiger partial charge in [-0.2, -0.15) is 0 Å².